The Morgan fingerprint density at radius 3 is 1.53 bits per heavy atom. The topological polar surface area (TPSA) is 77.5 Å². The van der Waals surface area contributed by atoms with Crippen LogP contribution in [0.25, 0.3) is 22.3 Å². The van der Waals surface area contributed by atoms with Gasteiger partial charge in [-0.3, -0.25) is 0 Å². The van der Waals surface area contributed by atoms with E-state index >= 15 is 0 Å². The summed E-state index contributed by atoms with van der Waals surface area (Å²) >= 11 is -1.58. The average Bonchev–Trinajstić information content (AvgIpc) is 2.92. The van der Waals surface area contributed by atoms with Crippen molar-refractivity contribution in [2.24, 2.45) is 19.4 Å². The summed E-state index contributed by atoms with van der Waals surface area (Å²) in [5, 5.41) is 32.4. The van der Waals surface area contributed by atoms with Crippen LogP contribution < -0.4 is 0 Å². The number of aromatic hydroxyl groups is 2. The van der Waals surface area contributed by atoms with Gasteiger partial charge in [0.25, 0.3) is 0 Å². The molecule has 6 heteroatoms. The van der Waals surface area contributed by atoms with Crippen molar-refractivity contribution in [2.45, 2.75) is 111 Å². The molecule has 0 radical (unpaired) electrons. The molecule has 3 aromatic carbocycles. The second kappa shape index (κ2) is 13.1. The number of hydrogen-bond acceptors (Lipinski definition) is 4. The molecule has 1 fully saturated rings. The van der Waals surface area contributed by atoms with Crippen LogP contribution in [0.3, 0.4) is 0 Å². The molecule has 0 spiro atoms. The third kappa shape index (κ3) is 7.66. The van der Waals surface area contributed by atoms with Crippen molar-refractivity contribution < 1.29 is 28.1 Å². The van der Waals surface area contributed by atoms with Crippen LogP contribution in [0.1, 0.15) is 111 Å². The van der Waals surface area contributed by atoms with Crippen LogP contribution in [0.15, 0.2) is 68.5 Å². The van der Waals surface area contributed by atoms with E-state index in [9.17, 15) is 10.2 Å². The van der Waals surface area contributed by atoms with Crippen LogP contribution in [0.5, 0.6) is 11.5 Å². The summed E-state index contributed by atoms with van der Waals surface area (Å²) in [6, 6.07) is 18.6. The van der Waals surface area contributed by atoms with E-state index in [1.54, 1.807) is 0 Å². The fourth-order valence-corrected chi connectivity index (χ4v) is 8.56. The third-order valence-electron chi connectivity index (χ3n) is 8.20. The summed E-state index contributed by atoms with van der Waals surface area (Å²) in [4.78, 5) is 0. The molecule has 0 saturated heterocycles. The van der Waals surface area contributed by atoms with E-state index in [2.05, 4.69) is 84.8 Å². The molecule has 1 saturated carbocycles. The molecule has 1 aliphatic rings. The molecular weight excluding hydrogens is 702 g/mol. The van der Waals surface area contributed by atoms with Gasteiger partial charge in [0.15, 0.2) is 0 Å². The number of hydrogen-bond donors (Lipinski definition) is 2. The molecule has 0 aliphatic heterocycles. The van der Waals surface area contributed by atoms with Crippen LogP contribution in [0.2, 0.25) is 0 Å². The maximum atomic E-state index is 11.7. The zero-order valence-corrected chi connectivity index (χ0v) is 30.4. The van der Waals surface area contributed by atoms with Gasteiger partial charge in [0.2, 0.25) is 0 Å². The molecule has 0 amide bonds. The van der Waals surface area contributed by atoms with Gasteiger partial charge in [-0.05, 0) is 0 Å². The molecule has 5 nitrogen and oxygen atoms in total. The van der Waals surface area contributed by atoms with Crippen LogP contribution in [-0.2, 0) is 28.7 Å². The Hall–Kier alpha value is -2.78. The number of para-hydroxylation sites is 2. The summed E-state index contributed by atoms with van der Waals surface area (Å²) < 4.78 is 6.04. The number of phenols is 2. The van der Waals surface area contributed by atoms with Gasteiger partial charge in [0.05, 0.1) is 0 Å². The van der Waals surface area contributed by atoms with Gasteiger partial charge >= 0.3 is 268 Å². The van der Waals surface area contributed by atoms with Crippen molar-refractivity contribution in [3.05, 3.63) is 71.3 Å². The quantitative estimate of drug-likeness (QED) is 0.201. The number of rotatable bonds is 5. The van der Waals surface area contributed by atoms with E-state index in [1.165, 1.54) is 23.2 Å². The van der Waals surface area contributed by atoms with Crippen molar-refractivity contribution in [1.29, 1.82) is 0 Å². The Morgan fingerprint density at radius 2 is 1.09 bits per heavy atom. The molecule has 1 aliphatic carbocycles. The van der Waals surface area contributed by atoms with E-state index in [1.807, 2.05) is 42.5 Å². The third-order valence-corrected chi connectivity index (χ3v) is 12.3. The van der Waals surface area contributed by atoms with Gasteiger partial charge in [-0.15, -0.1) is 0 Å². The Balaban J connectivity index is 2.06. The fraction of sp³-hybridized carbons (Fsp3) is 0.486. The van der Waals surface area contributed by atoms with Crippen molar-refractivity contribution >= 4 is 3.90 Å². The first-order chi connectivity index (χ1) is 20.1. The molecule has 2 N–H and O–H groups in total. The Kier molecular flexibility index (Phi) is 10.1. The zero-order valence-electron chi connectivity index (χ0n) is 27.5. The molecule has 0 unspecified atom stereocenters. The van der Waals surface area contributed by atoms with Gasteiger partial charge in [-0.1, -0.05) is 0 Å². The zero-order chi connectivity index (χ0) is 31.6. The Morgan fingerprint density at radius 1 is 0.651 bits per heavy atom. The van der Waals surface area contributed by atoms with Gasteiger partial charge in [-0.25, -0.2) is 0 Å². The molecule has 43 heavy (non-hydrogen) atoms. The monoisotopic (exact) mass is 751 g/mol. The molecular formula is C37H49N3O2W. The van der Waals surface area contributed by atoms with Crippen molar-refractivity contribution in [2.75, 3.05) is 0 Å². The molecule has 230 valence electrons. The first-order valence-electron chi connectivity index (χ1n) is 15.5. The van der Waals surface area contributed by atoms with Crippen LogP contribution >= 0.6 is 0 Å². The van der Waals surface area contributed by atoms with Crippen LogP contribution in [0, 0.1) is 5.41 Å². The predicted octanol–water partition coefficient (Wildman–Crippen LogP) is 10.6. The Labute approximate surface area is 266 Å². The standard InChI is InChI=1S/C31H38O2.C6H11N3.W/c1-29(2,3)19-24-20(22-15-11-17-25(27(22)32)30(4,5)6)13-10-14-21(24)23-16-12-18-26(28(23)33)31(7,8)9;7-9-8-6-4-2-1-3-5-6;/h10-18,32-33H,1-9H3;6H,1-5H2;. The number of nitrogens with zero attached hydrogens (tertiary/aromatic N) is 3. The normalized spacial score (nSPS) is 15.1. The molecule has 3 aromatic rings. The molecule has 0 atom stereocenters. The maximum absolute atomic E-state index is 11.7. The van der Waals surface area contributed by atoms with Crippen molar-refractivity contribution in [1.82, 2.24) is 0 Å². The predicted molar refractivity (Wildman–Crippen MR) is 176 cm³/mol. The minimum absolute atomic E-state index is 0.214. The molecule has 0 bridgehead atoms. The Bertz CT molecular complexity index is 1470. The summed E-state index contributed by atoms with van der Waals surface area (Å²) in [6.45, 7) is 19.4. The van der Waals surface area contributed by atoms with E-state index < -0.39 is 17.9 Å². The fourth-order valence-electron chi connectivity index (χ4n) is 5.89. The summed E-state index contributed by atoms with van der Waals surface area (Å²) in [6.07, 6.45) is 5.91. The van der Waals surface area contributed by atoms with Crippen molar-refractivity contribution in [3.63, 3.8) is 0 Å². The summed E-state index contributed by atoms with van der Waals surface area (Å²) in [5.74, 6) is 0.599. The first kappa shape index (κ1) is 33.1. The average molecular weight is 752 g/mol. The van der Waals surface area contributed by atoms with Gasteiger partial charge in [0, 0.05) is 0 Å². The van der Waals surface area contributed by atoms with E-state index in [0.29, 0.717) is 11.5 Å². The van der Waals surface area contributed by atoms with Gasteiger partial charge < -0.3 is 0 Å². The number of phenolic OH excluding ortho intramolecular Hbond substituents is 2. The van der Waals surface area contributed by atoms with Crippen LogP contribution in [-0.4, -0.2) is 20.2 Å². The summed E-state index contributed by atoms with van der Waals surface area (Å²) in [7, 11) is 0. The number of benzene rings is 3. The minimum atomic E-state index is -1.58. The van der Waals surface area contributed by atoms with E-state index in [4.69, 9.17) is 3.60 Å². The van der Waals surface area contributed by atoms with Gasteiger partial charge in [-0.2, -0.15) is 0 Å². The van der Waals surface area contributed by atoms with Crippen LogP contribution in [0.4, 0.5) is 0 Å². The molecule has 0 heterocycles. The van der Waals surface area contributed by atoms with Crippen molar-refractivity contribution in [3.8, 4) is 33.8 Å². The molecule has 4 rings (SSSR count). The first-order valence-corrected chi connectivity index (χ1v) is 18.3. The SMILES string of the molecule is CC(C)(C)[C](=[W]=[N]N=NC1CCCCC1)c1c(-c2cccc(C(C)(C)C)c2O)cccc1-c1cccc(C(C)(C)C)c1O. The van der Waals surface area contributed by atoms with E-state index in [0.717, 1.165) is 51.8 Å². The van der Waals surface area contributed by atoms with Gasteiger partial charge in [0.1, 0.15) is 0 Å². The van der Waals surface area contributed by atoms with E-state index in [-0.39, 0.29) is 22.3 Å². The summed E-state index contributed by atoms with van der Waals surface area (Å²) in [5.41, 5.74) is 5.67. The second-order valence-corrected chi connectivity index (χ2v) is 17.6. The molecule has 0 aromatic heterocycles. The second-order valence-electron chi connectivity index (χ2n) is 14.9.